The summed E-state index contributed by atoms with van der Waals surface area (Å²) in [6.45, 7) is 7.54. The molecule has 0 aromatic heterocycles. The molecule has 1 atom stereocenters. The third-order valence-electron chi connectivity index (χ3n) is 2.20. The summed E-state index contributed by atoms with van der Waals surface area (Å²) in [6.07, 6.45) is 0.909. The van der Waals surface area contributed by atoms with E-state index in [2.05, 4.69) is 28.8 Å². The van der Waals surface area contributed by atoms with E-state index >= 15 is 0 Å². The Morgan fingerprint density at radius 1 is 1.57 bits per heavy atom. The lowest BCUT2D eigenvalue weighted by atomic mass is 10.2. The molecular formula is C9H20N4O. The van der Waals surface area contributed by atoms with Gasteiger partial charge in [-0.2, -0.15) is 0 Å². The number of hydrogen-bond donors (Lipinski definition) is 0. The van der Waals surface area contributed by atoms with Gasteiger partial charge >= 0.3 is 0 Å². The van der Waals surface area contributed by atoms with Crippen LogP contribution >= 0.6 is 0 Å². The molecule has 0 bridgehead atoms. The zero-order valence-electron chi connectivity index (χ0n) is 9.31. The number of hydrogen-bond acceptors (Lipinski definition) is 3. The van der Waals surface area contributed by atoms with Crippen molar-refractivity contribution in [2.24, 2.45) is 5.11 Å². The van der Waals surface area contributed by atoms with E-state index < -0.39 is 0 Å². The van der Waals surface area contributed by atoms with Crippen molar-refractivity contribution in [1.82, 2.24) is 4.90 Å². The molecule has 0 radical (unpaired) electrons. The first-order valence-electron chi connectivity index (χ1n) is 5.00. The summed E-state index contributed by atoms with van der Waals surface area (Å²) in [5.41, 5.74) is 8.11. The normalized spacial score (nSPS) is 12.6. The maximum absolute atomic E-state index is 8.11. The molecule has 1 unspecified atom stereocenters. The van der Waals surface area contributed by atoms with Gasteiger partial charge in [-0.3, -0.25) is 4.90 Å². The average Bonchev–Trinajstić information content (AvgIpc) is 2.18. The fourth-order valence-electron chi connectivity index (χ4n) is 1.43. The van der Waals surface area contributed by atoms with Crippen molar-refractivity contribution in [2.75, 3.05) is 33.4 Å². The van der Waals surface area contributed by atoms with Crippen LogP contribution in [0.2, 0.25) is 0 Å². The number of azide groups is 1. The maximum Gasteiger partial charge on any atom is 0.0615 e. The minimum atomic E-state index is 0.427. The molecule has 14 heavy (non-hydrogen) atoms. The first-order chi connectivity index (χ1) is 6.76. The Morgan fingerprint density at radius 3 is 2.79 bits per heavy atom. The number of methoxy groups -OCH3 is 1. The molecule has 0 heterocycles. The van der Waals surface area contributed by atoms with Crippen LogP contribution in [0.25, 0.3) is 10.4 Å². The van der Waals surface area contributed by atoms with Gasteiger partial charge in [-0.15, -0.1) is 0 Å². The van der Waals surface area contributed by atoms with Crippen molar-refractivity contribution in [3.63, 3.8) is 0 Å². The number of ether oxygens (including phenoxy) is 1. The van der Waals surface area contributed by atoms with Gasteiger partial charge in [0.25, 0.3) is 0 Å². The highest BCUT2D eigenvalue weighted by Crippen LogP contribution is 2.00. The van der Waals surface area contributed by atoms with E-state index in [1.54, 1.807) is 7.11 Å². The smallest absolute Gasteiger partial charge is 0.0615 e. The van der Waals surface area contributed by atoms with Crippen LogP contribution in [0.3, 0.4) is 0 Å². The van der Waals surface area contributed by atoms with Gasteiger partial charge in [-0.25, -0.2) is 0 Å². The van der Waals surface area contributed by atoms with Crippen molar-refractivity contribution >= 4 is 0 Å². The zero-order chi connectivity index (χ0) is 10.8. The van der Waals surface area contributed by atoms with Gasteiger partial charge in [0.15, 0.2) is 0 Å². The highest BCUT2D eigenvalue weighted by molar-refractivity contribution is 4.65. The first-order valence-corrected chi connectivity index (χ1v) is 5.00. The molecule has 0 spiro atoms. The fourth-order valence-corrected chi connectivity index (χ4v) is 1.43. The molecule has 0 N–H and O–H groups in total. The van der Waals surface area contributed by atoms with Crippen LogP contribution < -0.4 is 0 Å². The quantitative estimate of drug-likeness (QED) is 0.260. The maximum atomic E-state index is 8.11. The zero-order valence-corrected chi connectivity index (χ0v) is 9.31. The van der Waals surface area contributed by atoms with Crippen molar-refractivity contribution in [2.45, 2.75) is 26.3 Å². The molecule has 0 aromatic carbocycles. The summed E-state index contributed by atoms with van der Waals surface area (Å²) in [7, 11) is 1.71. The first kappa shape index (κ1) is 13.2. The van der Waals surface area contributed by atoms with Crippen molar-refractivity contribution < 1.29 is 4.74 Å². The van der Waals surface area contributed by atoms with Gasteiger partial charge < -0.3 is 4.74 Å². The summed E-state index contributed by atoms with van der Waals surface area (Å²) in [5, 5.41) is 3.51. The monoisotopic (exact) mass is 200 g/mol. The molecule has 0 rings (SSSR count). The molecule has 0 aliphatic rings. The second kappa shape index (κ2) is 8.81. The van der Waals surface area contributed by atoms with E-state index in [-0.39, 0.29) is 0 Å². The second-order valence-corrected chi connectivity index (χ2v) is 3.24. The van der Waals surface area contributed by atoms with Crippen LogP contribution in [-0.4, -0.2) is 44.3 Å². The summed E-state index contributed by atoms with van der Waals surface area (Å²) in [5.74, 6) is 0. The van der Waals surface area contributed by atoms with E-state index in [4.69, 9.17) is 10.3 Å². The van der Waals surface area contributed by atoms with Crippen LogP contribution in [0.5, 0.6) is 0 Å². The van der Waals surface area contributed by atoms with Gasteiger partial charge in [0.2, 0.25) is 0 Å². The number of likely N-dealkylation sites (N-methyl/N-ethyl adjacent to an activating group) is 1. The predicted molar refractivity (Wildman–Crippen MR) is 57.2 cm³/mol. The predicted octanol–water partition coefficient (Wildman–Crippen LogP) is 2.04. The highest BCUT2D eigenvalue weighted by atomic mass is 16.5. The number of nitrogens with zero attached hydrogens (tertiary/aromatic N) is 4. The van der Waals surface area contributed by atoms with Gasteiger partial charge in [-0.05, 0) is 32.0 Å². The highest BCUT2D eigenvalue weighted by Gasteiger charge is 2.10. The summed E-state index contributed by atoms with van der Waals surface area (Å²) < 4.78 is 5.09. The van der Waals surface area contributed by atoms with Crippen LogP contribution in [0.4, 0.5) is 0 Å². The molecule has 82 valence electrons. The Bertz CT molecular complexity index is 180. The van der Waals surface area contributed by atoms with Gasteiger partial charge in [0.1, 0.15) is 0 Å². The van der Waals surface area contributed by atoms with Crippen LogP contribution in [-0.2, 0) is 4.74 Å². The SMILES string of the molecule is CCN(CCCN=[N+]=[N-])C(C)COC. The average molecular weight is 200 g/mol. The standard InChI is InChI=1S/C9H20N4O/c1-4-13(9(2)8-14-3)7-5-6-11-12-10/h9H,4-8H2,1-3H3. The second-order valence-electron chi connectivity index (χ2n) is 3.24. The largest absolute Gasteiger partial charge is 0.383 e. The molecular weight excluding hydrogens is 180 g/mol. The van der Waals surface area contributed by atoms with E-state index in [1.807, 2.05) is 0 Å². The lowest BCUT2D eigenvalue weighted by molar-refractivity contribution is 0.102. The van der Waals surface area contributed by atoms with E-state index in [0.717, 1.165) is 26.1 Å². The van der Waals surface area contributed by atoms with Crippen LogP contribution in [0, 0.1) is 0 Å². The van der Waals surface area contributed by atoms with Crippen molar-refractivity contribution in [1.29, 1.82) is 0 Å². The Hall–Kier alpha value is -0.770. The minimum absolute atomic E-state index is 0.427. The molecule has 5 heteroatoms. The molecule has 0 saturated heterocycles. The third-order valence-corrected chi connectivity index (χ3v) is 2.20. The Labute approximate surface area is 85.7 Å². The summed E-state index contributed by atoms with van der Waals surface area (Å²) in [6, 6.07) is 0.427. The Morgan fingerprint density at radius 2 is 2.29 bits per heavy atom. The van der Waals surface area contributed by atoms with E-state index in [0.29, 0.717) is 12.6 Å². The lowest BCUT2D eigenvalue weighted by Crippen LogP contribution is -2.37. The molecule has 0 saturated carbocycles. The minimum Gasteiger partial charge on any atom is -0.383 e. The molecule has 5 nitrogen and oxygen atoms in total. The molecule has 0 aliphatic carbocycles. The molecule has 0 amide bonds. The van der Waals surface area contributed by atoms with Gasteiger partial charge in [0.05, 0.1) is 6.61 Å². The molecule has 0 fully saturated rings. The van der Waals surface area contributed by atoms with Crippen LogP contribution in [0.15, 0.2) is 5.11 Å². The van der Waals surface area contributed by atoms with Gasteiger partial charge in [-0.1, -0.05) is 12.0 Å². The number of rotatable bonds is 8. The fraction of sp³-hybridized carbons (Fsp3) is 1.00. The molecule has 0 aliphatic heterocycles. The topological polar surface area (TPSA) is 61.2 Å². The Kier molecular flexibility index (Phi) is 8.33. The van der Waals surface area contributed by atoms with Crippen molar-refractivity contribution in [3.05, 3.63) is 10.4 Å². The summed E-state index contributed by atoms with van der Waals surface area (Å²) in [4.78, 5) is 5.04. The lowest BCUT2D eigenvalue weighted by Gasteiger charge is -2.26. The third kappa shape index (κ3) is 5.80. The van der Waals surface area contributed by atoms with E-state index in [1.165, 1.54) is 0 Å². The van der Waals surface area contributed by atoms with E-state index in [9.17, 15) is 0 Å². The summed E-state index contributed by atoms with van der Waals surface area (Å²) >= 11 is 0. The van der Waals surface area contributed by atoms with Crippen LogP contribution in [0.1, 0.15) is 20.3 Å². The molecule has 0 aromatic rings. The Balaban J connectivity index is 3.71. The van der Waals surface area contributed by atoms with Crippen molar-refractivity contribution in [3.8, 4) is 0 Å². The van der Waals surface area contributed by atoms with Gasteiger partial charge in [0, 0.05) is 24.6 Å².